The molecule has 0 bridgehead atoms. The Morgan fingerprint density at radius 2 is 1.45 bits per heavy atom. The standard InChI is InChI=1S/C19H36N4O6/c1-7-10(4)15(18(27)22-13(19(28)29)8-9(2)3)23-16(25)11(5)21-17(26)14(20)12(6)24/h9-15,24H,7-8,20H2,1-6H3,(H,21,26)(H,22,27)(H,23,25)(H,28,29). The molecule has 0 fully saturated rings. The van der Waals surface area contributed by atoms with Gasteiger partial charge in [-0.05, 0) is 32.1 Å². The number of rotatable bonds is 12. The molecule has 0 rings (SSSR count). The Labute approximate surface area is 172 Å². The van der Waals surface area contributed by atoms with Crippen molar-refractivity contribution < 1.29 is 29.4 Å². The normalized spacial score (nSPS) is 17.4. The van der Waals surface area contributed by atoms with Crippen LogP contribution in [-0.2, 0) is 19.2 Å². The van der Waals surface area contributed by atoms with Crippen molar-refractivity contribution in [2.45, 2.75) is 84.7 Å². The Balaban J connectivity index is 5.19. The predicted molar refractivity (Wildman–Crippen MR) is 108 cm³/mol. The molecular formula is C19H36N4O6. The van der Waals surface area contributed by atoms with E-state index in [1.807, 2.05) is 20.8 Å². The summed E-state index contributed by atoms with van der Waals surface area (Å²) in [5, 5.41) is 26.2. The number of hydrogen-bond donors (Lipinski definition) is 6. The number of amides is 3. The third-order valence-corrected chi connectivity index (χ3v) is 4.69. The molecule has 0 aromatic carbocycles. The summed E-state index contributed by atoms with van der Waals surface area (Å²) in [6, 6.07) is -4.22. The maximum absolute atomic E-state index is 12.7. The Bertz CT molecular complexity index is 581. The van der Waals surface area contributed by atoms with Gasteiger partial charge in [0.15, 0.2) is 0 Å². The second kappa shape index (κ2) is 12.4. The minimum absolute atomic E-state index is 0.0569. The highest BCUT2D eigenvalue weighted by Gasteiger charge is 2.32. The molecular weight excluding hydrogens is 380 g/mol. The highest BCUT2D eigenvalue weighted by molar-refractivity contribution is 5.94. The number of aliphatic carboxylic acids is 1. The fourth-order valence-electron chi connectivity index (χ4n) is 2.53. The third kappa shape index (κ3) is 9.23. The van der Waals surface area contributed by atoms with Crippen molar-refractivity contribution in [2.24, 2.45) is 17.6 Å². The second-order valence-electron chi connectivity index (χ2n) is 7.90. The number of carbonyl (C=O) groups is 4. The second-order valence-corrected chi connectivity index (χ2v) is 7.90. The minimum atomic E-state index is -1.19. The van der Waals surface area contributed by atoms with Crippen LogP contribution < -0.4 is 21.7 Å². The summed E-state index contributed by atoms with van der Waals surface area (Å²) in [6.07, 6.45) is -0.266. The topological polar surface area (TPSA) is 171 Å². The average molecular weight is 417 g/mol. The first-order valence-electron chi connectivity index (χ1n) is 9.89. The Morgan fingerprint density at radius 3 is 1.86 bits per heavy atom. The maximum Gasteiger partial charge on any atom is 0.326 e. The van der Waals surface area contributed by atoms with Crippen LogP contribution >= 0.6 is 0 Å². The number of aliphatic hydroxyl groups is 1. The quantitative estimate of drug-likeness (QED) is 0.245. The van der Waals surface area contributed by atoms with E-state index in [-0.39, 0.29) is 18.3 Å². The van der Waals surface area contributed by atoms with Gasteiger partial charge in [-0.15, -0.1) is 0 Å². The predicted octanol–water partition coefficient (Wildman–Crippen LogP) is -0.654. The zero-order chi connectivity index (χ0) is 22.9. The monoisotopic (exact) mass is 416 g/mol. The molecule has 0 spiro atoms. The van der Waals surface area contributed by atoms with Crippen molar-refractivity contribution in [1.82, 2.24) is 16.0 Å². The lowest BCUT2D eigenvalue weighted by Gasteiger charge is -2.27. The van der Waals surface area contributed by atoms with Crippen LogP contribution in [0.2, 0.25) is 0 Å². The fourth-order valence-corrected chi connectivity index (χ4v) is 2.53. The van der Waals surface area contributed by atoms with Gasteiger partial charge in [0.25, 0.3) is 0 Å². The highest BCUT2D eigenvalue weighted by Crippen LogP contribution is 2.11. The van der Waals surface area contributed by atoms with Crippen LogP contribution in [0.4, 0.5) is 0 Å². The first-order valence-corrected chi connectivity index (χ1v) is 9.89. The molecule has 6 atom stereocenters. The number of carboxylic acids is 1. The van der Waals surface area contributed by atoms with Crippen LogP contribution in [0.25, 0.3) is 0 Å². The molecule has 10 nitrogen and oxygen atoms in total. The lowest BCUT2D eigenvalue weighted by atomic mass is 9.96. The van der Waals surface area contributed by atoms with E-state index >= 15 is 0 Å². The third-order valence-electron chi connectivity index (χ3n) is 4.69. The molecule has 29 heavy (non-hydrogen) atoms. The summed E-state index contributed by atoms with van der Waals surface area (Å²) >= 11 is 0. The summed E-state index contributed by atoms with van der Waals surface area (Å²) in [7, 11) is 0. The van der Waals surface area contributed by atoms with E-state index in [0.29, 0.717) is 6.42 Å². The van der Waals surface area contributed by atoms with E-state index in [1.165, 1.54) is 13.8 Å². The smallest absolute Gasteiger partial charge is 0.326 e. The van der Waals surface area contributed by atoms with E-state index in [9.17, 15) is 29.4 Å². The lowest BCUT2D eigenvalue weighted by molar-refractivity contribution is -0.143. The van der Waals surface area contributed by atoms with Gasteiger partial charge in [-0.2, -0.15) is 0 Å². The summed E-state index contributed by atoms with van der Waals surface area (Å²) in [4.78, 5) is 48.5. The van der Waals surface area contributed by atoms with Crippen LogP contribution in [0.5, 0.6) is 0 Å². The van der Waals surface area contributed by atoms with Gasteiger partial charge in [0.2, 0.25) is 17.7 Å². The largest absolute Gasteiger partial charge is 0.480 e. The van der Waals surface area contributed by atoms with Gasteiger partial charge in [-0.1, -0.05) is 34.1 Å². The van der Waals surface area contributed by atoms with Crippen molar-refractivity contribution in [2.75, 3.05) is 0 Å². The van der Waals surface area contributed by atoms with Crippen molar-refractivity contribution >= 4 is 23.7 Å². The van der Waals surface area contributed by atoms with E-state index in [4.69, 9.17) is 5.73 Å². The van der Waals surface area contributed by atoms with E-state index in [2.05, 4.69) is 16.0 Å². The lowest BCUT2D eigenvalue weighted by Crippen LogP contribution is -2.58. The summed E-state index contributed by atoms with van der Waals surface area (Å²) in [5.74, 6) is -3.27. The summed E-state index contributed by atoms with van der Waals surface area (Å²) in [6.45, 7) is 10.1. The van der Waals surface area contributed by atoms with Gasteiger partial charge < -0.3 is 31.9 Å². The zero-order valence-electron chi connectivity index (χ0n) is 18.1. The van der Waals surface area contributed by atoms with E-state index in [0.717, 1.165) is 0 Å². The molecule has 0 aromatic rings. The van der Waals surface area contributed by atoms with Gasteiger partial charge in [0, 0.05) is 0 Å². The van der Waals surface area contributed by atoms with Crippen molar-refractivity contribution in [1.29, 1.82) is 0 Å². The van der Waals surface area contributed by atoms with Gasteiger partial charge in [0.05, 0.1) is 6.10 Å². The Hall–Kier alpha value is -2.20. The van der Waals surface area contributed by atoms with E-state index < -0.39 is 54.0 Å². The molecule has 168 valence electrons. The first kappa shape index (κ1) is 26.8. The SMILES string of the molecule is CCC(C)C(NC(=O)C(C)NC(=O)C(N)C(C)O)C(=O)NC(CC(C)C)C(=O)O. The molecule has 0 saturated carbocycles. The molecule has 0 aliphatic carbocycles. The summed E-state index contributed by atoms with van der Waals surface area (Å²) in [5.41, 5.74) is 5.54. The fraction of sp³-hybridized carbons (Fsp3) is 0.789. The molecule has 0 aliphatic rings. The van der Waals surface area contributed by atoms with Gasteiger partial charge >= 0.3 is 5.97 Å². The van der Waals surface area contributed by atoms with Gasteiger partial charge in [-0.3, -0.25) is 14.4 Å². The molecule has 0 radical (unpaired) electrons. The number of nitrogens with one attached hydrogen (secondary N) is 3. The summed E-state index contributed by atoms with van der Waals surface area (Å²) < 4.78 is 0. The average Bonchev–Trinajstić information content (AvgIpc) is 2.62. The molecule has 0 aliphatic heterocycles. The van der Waals surface area contributed by atoms with Crippen LogP contribution in [0.15, 0.2) is 0 Å². The Kier molecular flexibility index (Phi) is 11.4. The molecule has 0 aromatic heterocycles. The minimum Gasteiger partial charge on any atom is -0.480 e. The number of nitrogens with two attached hydrogens (primary N) is 1. The van der Waals surface area contributed by atoms with Gasteiger partial charge in [-0.25, -0.2) is 4.79 Å². The first-order chi connectivity index (χ1) is 13.3. The molecule has 7 N–H and O–H groups in total. The molecule has 0 saturated heterocycles. The van der Waals surface area contributed by atoms with Gasteiger partial charge in [0.1, 0.15) is 24.2 Å². The Morgan fingerprint density at radius 1 is 0.897 bits per heavy atom. The van der Waals surface area contributed by atoms with Crippen LogP contribution in [0.3, 0.4) is 0 Å². The highest BCUT2D eigenvalue weighted by atomic mass is 16.4. The molecule has 6 unspecified atom stereocenters. The van der Waals surface area contributed by atoms with E-state index in [1.54, 1.807) is 6.92 Å². The molecule has 3 amide bonds. The molecule has 10 heteroatoms. The van der Waals surface area contributed by atoms with Crippen molar-refractivity contribution in [3.63, 3.8) is 0 Å². The number of carbonyl (C=O) groups excluding carboxylic acids is 3. The van der Waals surface area contributed by atoms with Crippen molar-refractivity contribution in [3.8, 4) is 0 Å². The zero-order valence-corrected chi connectivity index (χ0v) is 18.1. The maximum atomic E-state index is 12.7. The van der Waals surface area contributed by atoms with Crippen molar-refractivity contribution in [3.05, 3.63) is 0 Å². The van der Waals surface area contributed by atoms with Crippen LogP contribution in [0.1, 0.15) is 54.4 Å². The number of aliphatic hydroxyl groups excluding tert-OH is 1. The van der Waals surface area contributed by atoms with Crippen LogP contribution in [0, 0.1) is 11.8 Å². The molecule has 0 heterocycles. The van der Waals surface area contributed by atoms with Crippen LogP contribution in [-0.4, -0.2) is 64.2 Å². The number of carboxylic acid groups (broad SMARTS) is 1. The number of hydrogen-bond acceptors (Lipinski definition) is 6.